The predicted octanol–water partition coefficient (Wildman–Crippen LogP) is 2.17. The van der Waals surface area contributed by atoms with Crippen LogP contribution in [0.4, 0.5) is 0 Å². The molecule has 0 amide bonds. The summed E-state index contributed by atoms with van der Waals surface area (Å²) < 4.78 is 33.4. The molecule has 3 aliphatic carbocycles. The highest BCUT2D eigenvalue weighted by atomic mass is 16.9. The number of epoxide rings is 1. The fraction of sp³-hybridized carbons (Fsp3) is 0.471. The van der Waals surface area contributed by atoms with Crippen LogP contribution in [-0.2, 0) is 34.5 Å². The van der Waals surface area contributed by atoms with Crippen LogP contribution in [0.15, 0.2) is 84.5 Å². The van der Waals surface area contributed by atoms with E-state index in [1.54, 1.807) is 74.5 Å². The number of aliphatic hydroxyl groups is 3. The van der Waals surface area contributed by atoms with Gasteiger partial charge in [0, 0.05) is 23.3 Å². The van der Waals surface area contributed by atoms with Crippen molar-refractivity contribution in [2.75, 3.05) is 6.61 Å². The predicted molar refractivity (Wildman–Crippen MR) is 152 cm³/mol. The fourth-order valence-corrected chi connectivity index (χ4v) is 9.07. The molecule has 2 aromatic rings. The minimum absolute atomic E-state index is 0.232. The second kappa shape index (κ2) is 8.73. The van der Waals surface area contributed by atoms with E-state index in [4.69, 9.17) is 23.7 Å². The number of hydrogen-bond donors (Lipinski definition) is 3. The molecule has 12 atom stereocenters. The summed E-state index contributed by atoms with van der Waals surface area (Å²) in [6, 6.07) is 17.6. The van der Waals surface area contributed by atoms with Gasteiger partial charge in [-0.15, -0.1) is 0 Å². The highest BCUT2D eigenvalue weighted by Crippen LogP contribution is 2.74. The second-order valence-corrected chi connectivity index (χ2v) is 13.1. The van der Waals surface area contributed by atoms with Gasteiger partial charge in [0.2, 0.25) is 0 Å². The molecule has 8 rings (SSSR count). The molecule has 5 fully saturated rings. The Balaban J connectivity index is 1.41. The maximum atomic E-state index is 13.8. The van der Waals surface area contributed by atoms with Crippen molar-refractivity contribution in [3.63, 3.8) is 0 Å². The van der Waals surface area contributed by atoms with Crippen LogP contribution in [0.2, 0.25) is 0 Å². The van der Waals surface area contributed by atoms with Gasteiger partial charge in [-0.05, 0) is 37.1 Å². The second-order valence-electron chi connectivity index (χ2n) is 13.1. The van der Waals surface area contributed by atoms with Crippen LogP contribution in [0, 0.1) is 17.8 Å². The van der Waals surface area contributed by atoms with Crippen molar-refractivity contribution in [2.45, 2.75) is 73.6 Å². The molecule has 3 aliphatic heterocycles. The summed E-state index contributed by atoms with van der Waals surface area (Å²) in [5, 5.41) is 34.8. The first-order chi connectivity index (χ1) is 20.9. The Labute approximate surface area is 253 Å². The van der Waals surface area contributed by atoms with E-state index >= 15 is 0 Å². The minimum atomic E-state index is -2.42. The Kier molecular flexibility index (Phi) is 5.61. The molecule has 6 aliphatic rings. The highest BCUT2D eigenvalue weighted by Gasteiger charge is 2.90. The molecular weight excluding hydrogens is 568 g/mol. The van der Waals surface area contributed by atoms with Gasteiger partial charge in [-0.25, -0.2) is 4.79 Å². The molecule has 10 heteroatoms. The molecular formula is C34H34O10. The van der Waals surface area contributed by atoms with E-state index in [1.807, 2.05) is 13.0 Å². The van der Waals surface area contributed by atoms with Gasteiger partial charge >= 0.3 is 11.9 Å². The molecule has 10 nitrogen and oxygen atoms in total. The van der Waals surface area contributed by atoms with Crippen LogP contribution >= 0.6 is 0 Å². The van der Waals surface area contributed by atoms with Crippen LogP contribution in [0.1, 0.15) is 36.7 Å². The van der Waals surface area contributed by atoms with Gasteiger partial charge < -0.3 is 39.0 Å². The highest BCUT2D eigenvalue weighted by molar-refractivity contribution is 6.05. The summed E-state index contributed by atoms with van der Waals surface area (Å²) in [5.41, 5.74) is -5.56. The molecule has 2 saturated carbocycles. The van der Waals surface area contributed by atoms with Crippen molar-refractivity contribution >= 4 is 11.8 Å². The van der Waals surface area contributed by atoms with Crippen molar-refractivity contribution in [1.82, 2.24) is 0 Å². The zero-order valence-corrected chi connectivity index (χ0v) is 24.5. The van der Waals surface area contributed by atoms with Gasteiger partial charge in [0.05, 0.1) is 17.8 Å². The number of carbonyl (C=O) groups excluding carboxylic acids is 2. The number of hydrogen-bond acceptors (Lipinski definition) is 10. The van der Waals surface area contributed by atoms with Gasteiger partial charge in [-0.2, -0.15) is 0 Å². The maximum Gasteiger partial charge on any atom is 0.338 e. The van der Waals surface area contributed by atoms with Crippen LogP contribution in [0.25, 0.3) is 0 Å². The first-order valence-corrected chi connectivity index (χ1v) is 14.9. The topological polar surface area (TPSA) is 144 Å². The summed E-state index contributed by atoms with van der Waals surface area (Å²) in [6.07, 6.45) is -3.09. The average molecular weight is 603 g/mol. The monoisotopic (exact) mass is 602 g/mol. The van der Waals surface area contributed by atoms with E-state index in [0.29, 0.717) is 16.7 Å². The number of carbonyl (C=O) groups is 2. The number of benzene rings is 2. The number of aliphatic hydroxyl groups excluding tert-OH is 2. The molecule has 3 bridgehead atoms. The molecule has 44 heavy (non-hydrogen) atoms. The lowest BCUT2D eigenvalue weighted by atomic mass is 9.53. The Morgan fingerprint density at radius 3 is 2.32 bits per heavy atom. The van der Waals surface area contributed by atoms with Crippen molar-refractivity contribution < 1.29 is 48.6 Å². The van der Waals surface area contributed by atoms with Gasteiger partial charge in [0.1, 0.15) is 30.0 Å². The standard InChI is InChI=1S/C34H34O10/c1-17(2)32-25(40-28(37)20-11-7-5-8-12-20)19(4)33-22-15-18(3)24(36)31(22,39)29(38)30(16-35)26(41-30)23(33)27(32)42-34(43-32,44-33)21-13-9-6-10-14-21/h5-15,19,22-23,25-27,29,35,38-39H,1,16H2,2-4H3/t19-,22+,23+,25+,26-,27-,29+,30+,31+,32+,33-,34+/m0/s1. The zero-order valence-electron chi connectivity index (χ0n) is 24.5. The molecule has 3 heterocycles. The summed E-state index contributed by atoms with van der Waals surface area (Å²) in [4.78, 5) is 27.5. The lowest BCUT2D eigenvalue weighted by Crippen LogP contribution is -2.76. The van der Waals surface area contributed by atoms with Gasteiger partial charge in [0.15, 0.2) is 17.0 Å². The Morgan fingerprint density at radius 1 is 1.02 bits per heavy atom. The molecule has 0 unspecified atom stereocenters. The summed E-state index contributed by atoms with van der Waals surface area (Å²) in [7, 11) is 0. The summed E-state index contributed by atoms with van der Waals surface area (Å²) in [6.45, 7) is 8.80. The van der Waals surface area contributed by atoms with Gasteiger partial charge in [-0.1, -0.05) is 68.1 Å². The van der Waals surface area contributed by atoms with Crippen LogP contribution in [0.5, 0.6) is 0 Å². The van der Waals surface area contributed by atoms with E-state index in [2.05, 4.69) is 6.58 Å². The first kappa shape index (κ1) is 28.3. The number of ether oxygens (including phenoxy) is 5. The lowest BCUT2D eigenvalue weighted by Gasteiger charge is -2.61. The normalized spacial score (nSPS) is 47.6. The molecule has 3 N–H and O–H groups in total. The molecule has 2 aromatic carbocycles. The third kappa shape index (κ3) is 3.00. The number of rotatable bonds is 5. The third-order valence-corrected chi connectivity index (χ3v) is 11.1. The molecule has 3 saturated heterocycles. The van der Waals surface area contributed by atoms with Crippen LogP contribution < -0.4 is 0 Å². The quantitative estimate of drug-likeness (QED) is 0.265. The molecule has 0 aromatic heterocycles. The van der Waals surface area contributed by atoms with Crippen LogP contribution in [-0.4, -0.2) is 80.5 Å². The number of fused-ring (bicyclic) bond motifs is 3. The van der Waals surface area contributed by atoms with E-state index in [0.717, 1.165) is 0 Å². The van der Waals surface area contributed by atoms with E-state index in [1.165, 1.54) is 0 Å². The van der Waals surface area contributed by atoms with Crippen molar-refractivity contribution in [3.05, 3.63) is 95.6 Å². The molecule has 230 valence electrons. The average Bonchev–Trinajstić information content (AvgIpc) is 3.65. The number of ketones is 1. The first-order valence-electron chi connectivity index (χ1n) is 14.9. The number of Topliss-reactive ketones (excluding diaryl/α,β-unsaturated/α-hetero) is 1. The zero-order chi connectivity index (χ0) is 31.0. The molecule has 0 spiro atoms. The Hall–Kier alpha value is -3.22. The third-order valence-electron chi connectivity index (χ3n) is 11.1. The Bertz CT molecular complexity index is 1620. The summed E-state index contributed by atoms with van der Waals surface area (Å²) >= 11 is 0. The van der Waals surface area contributed by atoms with E-state index in [9.17, 15) is 24.9 Å². The Morgan fingerprint density at radius 2 is 1.68 bits per heavy atom. The van der Waals surface area contributed by atoms with Crippen molar-refractivity contribution in [1.29, 1.82) is 0 Å². The largest absolute Gasteiger partial charge is 0.455 e. The minimum Gasteiger partial charge on any atom is -0.455 e. The van der Waals surface area contributed by atoms with Crippen molar-refractivity contribution in [2.24, 2.45) is 17.8 Å². The SMILES string of the molecule is C=C(C)[C@]12O[C@@]3(c4ccccc4)O[C@H]1[C@H]1[C@@H]4O[C@@]4(CO)[C@@H](O)[C@]4(O)C(=O)C(C)=C[C@H]4[C@@]1(O3)[C@@H](C)[C@H]2OC(=O)c1ccccc1. The number of esters is 1. The molecule has 0 radical (unpaired) electrons. The smallest absolute Gasteiger partial charge is 0.338 e. The van der Waals surface area contributed by atoms with E-state index in [-0.39, 0.29) is 5.57 Å². The maximum absolute atomic E-state index is 13.8. The fourth-order valence-electron chi connectivity index (χ4n) is 9.07. The summed E-state index contributed by atoms with van der Waals surface area (Å²) in [5.74, 6) is -5.87. The van der Waals surface area contributed by atoms with Crippen LogP contribution in [0.3, 0.4) is 0 Å². The van der Waals surface area contributed by atoms with Gasteiger partial charge in [0.25, 0.3) is 0 Å². The van der Waals surface area contributed by atoms with Crippen molar-refractivity contribution in [3.8, 4) is 0 Å². The van der Waals surface area contributed by atoms with Gasteiger partial charge in [-0.3, -0.25) is 4.79 Å². The van der Waals surface area contributed by atoms with E-state index < -0.39 is 88.9 Å². The lowest BCUT2D eigenvalue weighted by molar-refractivity contribution is -0.440.